The average Bonchev–Trinajstić information content (AvgIpc) is 2.87. The number of hydrogen-bond acceptors (Lipinski definition) is 6. The minimum absolute atomic E-state index is 0.000536. The van der Waals surface area contributed by atoms with E-state index in [2.05, 4.69) is 10.0 Å². The van der Waals surface area contributed by atoms with E-state index in [1.807, 2.05) is 6.07 Å². The van der Waals surface area contributed by atoms with Crippen molar-refractivity contribution in [3.63, 3.8) is 0 Å². The van der Waals surface area contributed by atoms with Crippen molar-refractivity contribution in [3.8, 4) is 17.2 Å². The standard InChI is InChI=1S/C25H25F3N2O6S/c1-34-22-11-6-17(14-23(22)35-2)12-13-29-37(32,33)21-9-7-20(8-10-21)36-16-24(31)30-19-5-3-4-18(15-19)25(26,27)28/h3-11,14-15,29H,12-13,16H2,1-2H3,(H,30,31). The van der Waals surface area contributed by atoms with E-state index in [4.69, 9.17) is 14.2 Å². The van der Waals surface area contributed by atoms with Crippen LogP contribution in [0.5, 0.6) is 17.2 Å². The van der Waals surface area contributed by atoms with Crippen LogP contribution in [0.2, 0.25) is 0 Å². The zero-order valence-corrected chi connectivity index (χ0v) is 20.8. The van der Waals surface area contributed by atoms with E-state index in [1.165, 1.54) is 50.6 Å². The molecule has 0 aromatic heterocycles. The number of sulfonamides is 1. The molecular formula is C25H25F3N2O6S. The first kappa shape index (κ1) is 27.8. The van der Waals surface area contributed by atoms with Crippen molar-refractivity contribution in [2.45, 2.75) is 17.5 Å². The van der Waals surface area contributed by atoms with Crippen molar-refractivity contribution in [2.75, 3.05) is 32.7 Å². The Morgan fingerprint density at radius 3 is 2.27 bits per heavy atom. The van der Waals surface area contributed by atoms with Crippen LogP contribution in [0.1, 0.15) is 11.1 Å². The Morgan fingerprint density at radius 2 is 1.62 bits per heavy atom. The van der Waals surface area contributed by atoms with Gasteiger partial charge < -0.3 is 19.5 Å². The van der Waals surface area contributed by atoms with Gasteiger partial charge in [-0.05, 0) is 66.6 Å². The van der Waals surface area contributed by atoms with Crippen molar-refractivity contribution in [1.29, 1.82) is 0 Å². The van der Waals surface area contributed by atoms with E-state index in [0.717, 1.165) is 17.7 Å². The maximum absolute atomic E-state index is 12.8. The molecule has 0 spiro atoms. The summed E-state index contributed by atoms with van der Waals surface area (Å²) < 4.78 is 81.8. The molecular weight excluding hydrogens is 513 g/mol. The molecule has 0 radical (unpaired) electrons. The number of benzene rings is 3. The predicted octanol–water partition coefficient (Wildman–Crippen LogP) is 4.26. The number of amides is 1. The van der Waals surface area contributed by atoms with Crippen LogP contribution in [0, 0.1) is 0 Å². The van der Waals surface area contributed by atoms with Gasteiger partial charge in [0.25, 0.3) is 5.91 Å². The summed E-state index contributed by atoms with van der Waals surface area (Å²) in [6, 6.07) is 14.9. The van der Waals surface area contributed by atoms with Gasteiger partial charge in [0, 0.05) is 12.2 Å². The van der Waals surface area contributed by atoms with Crippen LogP contribution in [0.15, 0.2) is 71.6 Å². The lowest BCUT2D eigenvalue weighted by atomic mass is 10.1. The Labute approximate surface area is 212 Å². The number of carbonyl (C=O) groups excluding carboxylic acids is 1. The Kier molecular flexibility index (Phi) is 9.00. The molecule has 0 fully saturated rings. The highest BCUT2D eigenvalue weighted by Gasteiger charge is 2.30. The summed E-state index contributed by atoms with van der Waals surface area (Å²) in [5.74, 6) is 0.653. The highest BCUT2D eigenvalue weighted by atomic mass is 32.2. The smallest absolute Gasteiger partial charge is 0.416 e. The Hall–Kier alpha value is -3.77. The van der Waals surface area contributed by atoms with Crippen LogP contribution in [0.4, 0.5) is 18.9 Å². The summed E-state index contributed by atoms with van der Waals surface area (Å²) in [4.78, 5) is 12.0. The van der Waals surface area contributed by atoms with Crippen LogP contribution >= 0.6 is 0 Å². The van der Waals surface area contributed by atoms with Gasteiger partial charge in [0.2, 0.25) is 10.0 Å². The van der Waals surface area contributed by atoms with Crippen molar-refractivity contribution < 1.29 is 40.6 Å². The highest BCUT2D eigenvalue weighted by molar-refractivity contribution is 7.89. The monoisotopic (exact) mass is 538 g/mol. The lowest BCUT2D eigenvalue weighted by Crippen LogP contribution is -2.26. The SMILES string of the molecule is COc1ccc(CCNS(=O)(=O)c2ccc(OCC(=O)Nc3cccc(C(F)(F)F)c3)cc2)cc1OC. The summed E-state index contributed by atoms with van der Waals surface area (Å²) in [6.07, 6.45) is -4.11. The van der Waals surface area contributed by atoms with Gasteiger partial charge in [-0.3, -0.25) is 4.79 Å². The molecule has 0 saturated heterocycles. The van der Waals surface area contributed by atoms with Crippen molar-refractivity contribution >= 4 is 21.6 Å². The first-order chi connectivity index (χ1) is 17.5. The third kappa shape index (κ3) is 7.86. The zero-order valence-electron chi connectivity index (χ0n) is 20.0. The molecule has 0 saturated carbocycles. The molecule has 2 N–H and O–H groups in total. The van der Waals surface area contributed by atoms with E-state index < -0.39 is 34.3 Å². The van der Waals surface area contributed by atoms with Gasteiger partial charge >= 0.3 is 6.18 Å². The topological polar surface area (TPSA) is 103 Å². The van der Waals surface area contributed by atoms with Gasteiger partial charge in [-0.25, -0.2) is 13.1 Å². The molecule has 3 aromatic carbocycles. The third-order valence-electron chi connectivity index (χ3n) is 5.13. The maximum atomic E-state index is 12.8. The number of halogens is 3. The third-order valence-corrected chi connectivity index (χ3v) is 6.61. The van der Waals surface area contributed by atoms with E-state index in [0.29, 0.717) is 17.9 Å². The molecule has 12 heteroatoms. The summed E-state index contributed by atoms with van der Waals surface area (Å²) >= 11 is 0. The first-order valence-electron chi connectivity index (χ1n) is 10.9. The van der Waals surface area contributed by atoms with Crippen LogP contribution < -0.4 is 24.2 Å². The molecule has 0 atom stereocenters. The lowest BCUT2D eigenvalue weighted by molar-refractivity contribution is -0.137. The average molecular weight is 539 g/mol. The van der Waals surface area contributed by atoms with Crippen LogP contribution in [-0.2, 0) is 27.4 Å². The molecule has 3 rings (SSSR count). The first-order valence-corrected chi connectivity index (χ1v) is 12.4. The second-order valence-electron chi connectivity index (χ2n) is 7.72. The fraction of sp³-hybridized carbons (Fsp3) is 0.240. The van der Waals surface area contributed by atoms with Gasteiger partial charge in [-0.2, -0.15) is 13.2 Å². The quantitative estimate of drug-likeness (QED) is 0.378. The second kappa shape index (κ2) is 12.0. The molecule has 0 bridgehead atoms. The highest BCUT2D eigenvalue weighted by Crippen LogP contribution is 2.31. The van der Waals surface area contributed by atoms with E-state index in [1.54, 1.807) is 12.1 Å². The number of anilines is 1. The molecule has 198 valence electrons. The van der Waals surface area contributed by atoms with Crippen LogP contribution in [-0.4, -0.2) is 41.7 Å². The molecule has 0 unspecified atom stereocenters. The maximum Gasteiger partial charge on any atom is 0.416 e. The van der Waals surface area contributed by atoms with E-state index in [9.17, 15) is 26.4 Å². The lowest BCUT2D eigenvalue weighted by Gasteiger charge is -2.11. The molecule has 0 aliphatic heterocycles. The molecule has 1 amide bonds. The zero-order chi connectivity index (χ0) is 27.1. The van der Waals surface area contributed by atoms with Crippen molar-refractivity contribution in [3.05, 3.63) is 77.9 Å². The van der Waals surface area contributed by atoms with Gasteiger partial charge in [0.1, 0.15) is 5.75 Å². The number of alkyl halides is 3. The number of ether oxygens (including phenoxy) is 3. The number of rotatable bonds is 11. The summed E-state index contributed by atoms with van der Waals surface area (Å²) in [5.41, 5.74) is -0.0584. The number of nitrogens with one attached hydrogen (secondary N) is 2. The van der Waals surface area contributed by atoms with Gasteiger partial charge in [0.15, 0.2) is 18.1 Å². The van der Waals surface area contributed by atoms with Crippen molar-refractivity contribution in [1.82, 2.24) is 4.72 Å². The van der Waals surface area contributed by atoms with E-state index >= 15 is 0 Å². The fourth-order valence-electron chi connectivity index (χ4n) is 3.28. The Morgan fingerprint density at radius 1 is 0.919 bits per heavy atom. The van der Waals surface area contributed by atoms with Crippen LogP contribution in [0.25, 0.3) is 0 Å². The van der Waals surface area contributed by atoms with Crippen LogP contribution in [0.3, 0.4) is 0 Å². The normalized spacial score (nSPS) is 11.6. The second-order valence-corrected chi connectivity index (χ2v) is 9.49. The van der Waals surface area contributed by atoms with Gasteiger partial charge in [0.05, 0.1) is 24.7 Å². The summed E-state index contributed by atoms with van der Waals surface area (Å²) in [5, 5.41) is 2.33. The van der Waals surface area contributed by atoms with Crippen molar-refractivity contribution in [2.24, 2.45) is 0 Å². The summed E-state index contributed by atoms with van der Waals surface area (Å²) in [7, 11) is -0.757. The number of hydrogen-bond donors (Lipinski definition) is 2. The largest absolute Gasteiger partial charge is 0.493 e. The minimum atomic E-state index is -4.53. The summed E-state index contributed by atoms with van der Waals surface area (Å²) in [6.45, 7) is -0.336. The number of carbonyl (C=O) groups is 1. The molecule has 0 aliphatic carbocycles. The minimum Gasteiger partial charge on any atom is -0.493 e. The molecule has 0 aliphatic rings. The molecule has 8 nitrogen and oxygen atoms in total. The number of methoxy groups -OCH3 is 2. The predicted molar refractivity (Wildman–Crippen MR) is 130 cm³/mol. The van der Waals surface area contributed by atoms with E-state index in [-0.39, 0.29) is 22.9 Å². The Bertz CT molecular complexity index is 1330. The molecule has 3 aromatic rings. The molecule has 37 heavy (non-hydrogen) atoms. The fourth-order valence-corrected chi connectivity index (χ4v) is 4.32. The Balaban J connectivity index is 1.51. The molecule has 0 heterocycles. The van der Waals surface area contributed by atoms with Gasteiger partial charge in [-0.1, -0.05) is 12.1 Å². The van der Waals surface area contributed by atoms with Gasteiger partial charge in [-0.15, -0.1) is 0 Å².